The van der Waals surface area contributed by atoms with Crippen LogP contribution in [-0.4, -0.2) is 12.7 Å². The van der Waals surface area contributed by atoms with Crippen molar-refractivity contribution in [1.82, 2.24) is 0 Å². The Morgan fingerprint density at radius 1 is 0.875 bits per heavy atom. The monoisotopic (exact) mass is 327 g/mol. The molecule has 3 nitrogen and oxygen atoms in total. The molecule has 0 bridgehead atoms. The Bertz CT molecular complexity index is 590. The Labute approximate surface area is 146 Å². The lowest BCUT2D eigenvalue weighted by Crippen LogP contribution is -2.09. The van der Waals surface area contributed by atoms with Gasteiger partial charge < -0.3 is 14.8 Å². The largest absolute Gasteiger partial charge is 0.493 e. The standard InChI is InChI=1S/C21H29NO2/c1-5-17(4)24-21-12-8-19(9-13-21)22-14-18-6-10-20(11-7-18)23-15-16(2)3/h6-13,16-17,22H,5,14-15H2,1-4H3. The van der Waals surface area contributed by atoms with Crippen molar-refractivity contribution in [3.05, 3.63) is 54.1 Å². The smallest absolute Gasteiger partial charge is 0.119 e. The van der Waals surface area contributed by atoms with Crippen molar-refractivity contribution < 1.29 is 9.47 Å². The summed E-state index contributed by atoms with van der Waals surface area (Å²) in [6.45, 7) is 10.0. The average molecular weight is 327 g/mol. The van der Waals surface area contributed by atoms with Gasteiger partial charge in [-0.3, -0.25) is 0 Å². The Balaban J connectivity index is 1.82. The average Bonchev–Trinajstić information content (AvgIpc) is 2.60. The third kappa shape index (κ3) is 6.15. The Hall–Kier alpha value is -2.16. The van der Waals surface area contributed by atoms with Crippen LogP contribution in [0.5, 0.6) is 11.5 Å². The number of hydrogen-bond donors (Lipinski definition) is 1. The van der Waals surface area contributed by atoms with Gasteiger partial charge in [-0.15, -0.1) is 0 Å². The van der Waals surface area contributed by atoms with Crippen LogP contribution in [-0.2, 0) is 6.54 Å². The van der Waals surface area contributed by atoms with Crippen LogP contribution in [0.3, 0.4) is 0 Å². The molecule has 1 unspecified atom stereocenters. The fourth-order valence-electron chi connectivity index (χ4n) is 2.14. The van der Waals surface area contributed by atoms with Crippen LogP contribution in [0.25, 0.3) is 0 Å². The van der Waals surface area contributed by atoms with Crippen molar-refractivity contribution in [3.63, 3.8) is 0 Å². The van der Waals surface area contributed by atoms with Crippen molar-refractivity contribution in [1.29, 1.82) is 0 Å². The summed E-state index contributed by atoms with van der Waals surface area (Å²) in [4.78, 5) is 0. The normalized spacial score (nSPS) is 12.0. The molecule has 0 aromatic heterocycles. The number of nitrogens with one attached hydrogen (secondary N) is 1. The molecule has 0 spiro atoms. The summed E-state index contributed by atoms with van der Waals surface area (Å²) in [6, 6.07) is 16.4. The summed E-state index contributed by atoms with van der Waals surface area (Å²) in [5.41, 5.74) is 2.32. The lowest BCUT2D eigenvalue weighted by atomic mass is 10.2. The second-order valence-corrected chi connectivity index (χ2v) is 6.56. The number of rotatable bonds is 9. The molecule has 2 rings (SSSR count). The van der Waals surface area contributed by atoms with Crippen molar-refractivity contribution in [2.75, 3.05) is 11.9 Å². The van der Waals surface area contributed by atoms with Gasteiger partial charge >= 0.3 is 0 Å². The molecule has 0 saturated carbocycles. The summed E-state index contributed by atoms with van der Waals surface area (Å²) in [7, 11) is 0. The van der Waals surface area contributed by atoms with Gasteiger partial charge in [0.25, 0.3) is 0 Å². The molecule has 24 heavy (non-hydrogen) atoms. The summed E-state index contributed by atoms with van der Waals surface area (Å²) in [6.07, 6.45) is 1.26. The molecule has 0 radical (unpaired) electrons. The molecule has 0 amide bonds. The first-order valence-corrected chi connectivity index (χ1v) is 8.79. The van der Waals surface area contributed by atoms with Crippen LogP contribution in [0, 0.1) is 5.92 Å². The van der Waals surface area contributed by atoms with Crippen LogP contribution in [0.1, 0.15) is 39.7 Å². The van der Waals surface area contributed by atoms with Gasteiger partial charge in [-0.1, -0.05) is 32.9 Å². The second kappa shape index (κ2) is 9.21. The van der Waals surface area contributed by atoms with Gasteiger partial charge in [0.15, 0.2) is 0 Å². The fourth-order valence-corrected chi connectivity index (χ4v) is 2.14. The quantitative estimate of drug-likeness (QED) is 0.658. The van der Waals surface area contributed by atoms with Crippen LogP contribution in [0.15, 0.2) is 48.5 Å². The van der Waals surface area contributed by atoms with Gasteiger partial charge in [0.2, 0.25) is 0 Å². The zero-order valence-electron chi connectivity index (χ0n) is 15.2. The van der Waals surface area contributed by atoms with Crippen LogP contribution in [0.4, 0.5) is 5.69 Å². The third-order valence-electron chi connectivity index (χ3n) is 3.77. The SMILES string of the molecule is CCC(C)Oc1ccc(NCc2ccc(OCC(C)C)cc2)cc1. The lowest BCUT2D eigenvalue weighted by Gasteiger charge is -2.13. The molecule has 1 atom stereocenters. The number of hydrogen-bond acceptors (Lipinski definition) is 3. The molecule has 0 aliphatic heterocycles. The molecular formula is C21H29NO2. The highest BCUT2D eigenvalue weighted by Gasteiger charge is 2.02. The fraction of sp³-hybridized carbons (Fsp3) is 0.429. The molecule has 0 aliphatic rings. The van der Waals surface area contributed by atoms with Gasteiger partial charge in [-0.25, -0.2) is 0 Å². The maximum absolute atomic E-state index is 5.79. The molecule has 0 heterocycles. The van der Waals surface area contributed by atoms with E-state index in [0.717, 1.165) is 36.8 Å². The zero-order chi connectivity index (χ0) is 17.4. The molecule has 1 N–H and O–H groups in total. The number of benzene rings is 2. The molecular weight excluding hydrogens is 298 g/mol. The predicted molar refractivity (Wildman–Crippen MR) is 101 cm³/mol. The van der Waals surface area contributed by atoms with Crippen molar-refractivity contribution in [3.8, 4) is 11.5 Å². The Morgan fingerprint density at radius 2 is 1.50 bits per heavy atom. The van der Waals surface area contributed by atoms with Gasteiger partial charge in [0, 0.05) is 12.2 Å². The first kappa shape index (κ1) is 18.2. The summed E-state index contributed by atoms with van der Waals surface area (Å²) >= 11 is 0. The molecule has 130 valence electrons. The summed E-state index contributed by atoms with van der Waals surface area (Å²) < 4.78 is 11.5. The minimum absolute atomic E-state index is 0.250. The highest BCUT2D eigenvalue weighted by molar-refractivity contribution is 5.47. The van der Waals surface area contributed by atoms with Gasteiger partial charge in [-0.05, 0) is 61.2 Å². The minimum atomic E-state index is 0.250. The highest BCUT2D eigenvalue weighted by Crippen LogP contribution is 2.19. The highest BCUT2D eigenvalue weighted by atomic mass is 16.5. The molecule has 3 heteroatoms. The van der Waals surface area contributed by atoms with E-state index < -0.39 is 0 Å². The third-order valence-corrected chi connectivity index (χ3v) is 3.77. The maximum atomic E-state index is 5.79. The van der Waals surface area contributed by atoms with E-state index in [0.29, 0.717) is 5.92 Å². The zero-order valence-corrected chi connectivity index (χ0v) is 15.2. The summed E-state index contributed by atoms with van der Waals surface area (Å²) in [5.74, 6) is 2.39. The van der Waals surface area contributed by atoms with Gasteiger partial charge in [0.05, 0.1) is 12.7 Å². The minimum Gasteiger partial charge on any atom is -0.493 e. The first-order valence-electron chi connectivity index (χ1n) is 8.79. The lowest BCUT2D eigenvalue weighted by molar-refractivity contribution is 0.217. The number of anilines is 1. The number of ether oxygens (including phenoxy) is 2. The van der Waals surface area contributed by atoms with E-state index in [2.05, 4.69) is 57.3 Å². The molecule has 2 aromatic carbocycles. The van der Waals surface area contributed by atoms with E-state index in [9.17, 15) is 0 Å². The summed E-state index contributed by atoms with van der Waals surface area (Å²) in [5, 5.41) is 3.43. The van der Waals surface area contributed by atoms with E-state index in [1.165, 1.54) is 5.56 Å². The topological polar surface area (TPSA) is 30.5 Å². The van der Waals surface area contributed by atoms with Crippen LogP contribution < -0.4 is 14.8 Å². The van der Waals surface area contributed by atoms with Gasteiger partial charge in [0.1, 0.15) is 11.5 Å². The predicted octanol–water partition coefficient (Wildman–Crippen LogP) is 5.51. The molecule has 0 saturated heterocycles. The van der Waals surface area contributed by atoms with Crippen LogP contribution >= 0.6 is 0 Å². The van der Waals surface area contributed by atoms with Gasteiger partial charge in [-0.2, -0.15) is 0 Å². The van der Waals surface area contributed by atoms with Crippen LogP contribution in [0.2, 0.25) is 0 Å². The van der Waals surface area contributed by atoms with Crippen molar-refractivity contribution in [2.45, 2.75) is 46.8 Å². The first-order chi connectivity index (χ1) is 11.6. The van der Waals surface area contributed by atoms with E-state index in [-0.39, 0.29) is 6.10 Å². The molecule has 0 fully saturated rings. The van der Waals surface area contributed by atoms with E-state index in [1.807, 2.05) is 24.3 Å². The Morgan fingerprint density at radius 3 is 2.08 bits per heavy atom. The van der Waals surface area contributed by atoms with E-state index in [4.69, 9.17) is 9.47 Å². The molecule has 0 aliphatic carbocycles. The van der Waals surface area contributed by atoms with Crippen molar-refractivity contribution >= 4 is 5.69 Å². The second-order valence-electron chi connectivity index (χ2n) is 6.56. The van der Waals surface area contributed by atoms with E-state index >= 15 is 0 Å². The van der Waals surface area contributed by atoms with Crippen molar-refractivity contribution in [2.24, 2.45) is 5.92 Å². The maximum Gasteiger partial charge on any atom is 0.119 e. The van der Waals surface area contributed by atoms with E-state index in [1.54, 1.807) is 0 Å². The Kier molecular flexibility index (Phi) is 6.98. The molecule has 2 aromatic rings.